The van der Waals surface area contributed by atoms with Crippen LogP contribution in [0.1, 0.15) is 18.9 Å². The average Bonchev–Trinajstić information content (AvgIpc) is 2.52. The van der Waals surface area contributed by atoms with Crippen molar-refractivity contribution in [3.63, 3.8) is 0 Å². The van der Waals surface area contributed by atoms with Gasteiger partial charge >= 0.3 is 0 Å². The maximum absolute atomic E-state index is 10.6. The van der Waals surface area contributed by atoms with Gasteiger partial charge in [-0.05, 0) is 37.5 Å². The van der Waals surface area contributed by atoms with Gasteiger partial charge in [-0.2, -0.15) is 5.10 Å². The molecule has 0 unspecified atom stereocenters. The minimum atomic E-state index is -0.418. The molecule has 0 atom stereocenters. The largest absolute Gasteiger partial charge is 0.279 e. The van der Waals surface area contributed by atoms with Gasteiger partial charge in [0.2, 0.25) is 0 Å². The average molecular weight is 283 g/mol. The number of hydrogen-bond acceptors (Lipinski definition) is 4. The molecule has 0 saturated carbocycles. The van der Waals surface area contributed by atoms with Crippen LogP contribution in [0.2, 0.25) is 0 Å². The van der Waals surface area contributed by atoms with Crippen molar-refractivity contribution in [1.29, 1.82) is 0 Å². The second-order valence-electron chi connectivity index (χ2n) is 4.75. The molecule has 0 bridgehead atoms. The van der Waals surface area contributed by atoms with Gasteiger partial charge < -0.3 is 0 Å². The van der Waals surface area contributed by atoms with Gasteiger partial charge in [-0.25, -0.2) is 0 Å². The maximum atomic E-state index is 10.6. The van der Waals surface area contributed by atoms with Crippen molar-refractivity contribution in [1.82, 2.24) is 0 Å². The highest BCUT2D eigenvalue weighted by Crippen LogP contribution is 2.15. The van der Waals surface area contributed by atoms with Crippen LogP contribution in [0.25, 0.3) is 0 Å². The Morgan fingerprint density at radius 1 is 1.14 bits per heavy atom. The van der Waals surface area contributed by atoms with E-state index in [1.165, 1.54) is 17.7 Å². The van der Waals surface area contributed by atoms with Crippen molar-refractivity contribution in [2.24, 2.45) is 5.10 Å². The molecule has 0 spiro atoms. The van der Waals surface area contributed by atoms with Crippen LogP contribution in [0.3, 0.4) is 0 Å². The van der Waals surface area contributed by atoms with Crippen molar-refractivity contribution in [2.75, 3.05) is 5.43 Å². The van der Waals surface area contributed by atoms with E-state index in [9.17, 15) is 10.1 Å². The smallest absolute Gasteiger partial charge is 0.269 e. The van der Waals surface area contributed by atoms with Crippen LogP contribution in [0.5, 0.6) is 0 Å². The summed E-state index contributed by atoms with van der Waals surface area (Å²) >= 11 is 0. The summed E-state index contributed by atoms with van der Waals surface area (Å²) in [6.45, 7) is 1.96. The molecule has 108 valence electrons. The molecule has 2 aromatic carbocycles. The number of nitrogens with one attached hydrogen (secondary N) is 1. The van der Waals surface area contributed by atoms with Crippen molar-refractivity contribution >= 4 is 17.1 Å². The zero-order valence-corrected chi connectivity index (χ0v) is 11.8. The Morgan fingerprint density at radius 3 is 2.43 bits per heavy atom. The molecule has 0 heterocycles. The number of aryl methyl sites for hydroxylation is 1. The Kier molecular flexibility index (Phi) is 5.04. The van der Waals surface area contributed by atoms with Gasteiger partial charge in [0.15, 0.2) is 0 Å². The van der Waals surface area contributed by atoms with Crippen LogP contribution in [0.15, 0.2) is 59.7 Å². The van der Waals surface area contributed by atoms with Crippen LogP contribution >= 0.6 is 0 Å². The van der Waals surface area contributed by atoms with Crippen molar-refractivity contribution in [3.05, 3.63) is 70.3 Å². The summed E-state index contributed by atoms with van der Waals surface area (Å²) in [4.78, 5) is 10.1. The molecule has 0 fully saturated rings. The second-order valence-corrected chi connectivity index (χ2v) is 4.75. The zero-order chi connectivity index (χ0) is 15.1. The Labute approximate surface area is 123 Å². The lowest BCUT2D eigenvalue weighted by Gasteiger charge is -2.04. The highest BCUT2D eigenvalue weighted by molar-refractivity contribution is 5.82. The van der Waals surface area contributed by atoms with Crippen LogP contribution in [-0.2, 0) is 6.42 Å². The summed E-state index contributed by atoms with van der Waals surface area (Å²) < 4.78 is 0. The summed E-state index contributed by atoms with van der Waals surface area (Å²) in [7, 11) is 0. The molecule has 0 aliphatic rings. The molecule has 0 amide bonds. The van der Waals surface area contributed by atoms with Gasteiger partial charge in [0, 0.05) is 17.8 Å². The third-order valence-electron chi connectivity index (χ3n) is 3.07. The van der Waals surface area contributed by atoms with Crippen molar-refractivity contribution < 1.29 is 4.92 Å². The molecule has 5 nitrogen and oxygen atoms in total. The molecule has 5 heteroatoms. The molecular formula is C16H17N3O2. The summed E-state index contributed by atoms with van der Waals surface area (Å²) in [6, 6.07) is 16.4. The van der Waals surface area contributed by atoms with E-state index in [0.29, 0.717) is 0 Å². The lowest BCUT2D eigenvalue weighted by molar-refractivity contribution is -0.384. The number of nitrogens with zero attached hydrogens (tertiary/aromatic N) is 2. The third kappa shape index (κ3) is 4.72. The Balaban J connectivity index is 1.86. The third-order valence-corrected chi connectivity index (χ3v) is 3.07. The van der Waals surface area contributed by atoms with Crippen LogP contribution < -0.4 is 5.43 Å². The first-order valence-electron chi connectivity index (χ1n) is 6.73. The molecule has 0 saturated heterocycles. The van der Waals surface area contributed by atoms with E-state index >= 15 is 0 Å². The SMILES string of the molecule is C/C(CCc1ccccc1)=N/Nc1ccc([N+](=O)[O-])cc1. The zero-order valence-electron chi connectivity index (χ0n) is 11.8. The fourth-order valence-electron chi connectivity index (χ4n) is 1.84. The molecule has 21 heavy (non-hydrogen) atoms. The van der Waals surface area contributed by atoms with Gasteiger partial charge in [-0.1, -0.05) is 30.3 Å². The normalized spacial score (nSPS) is 11.2. The standard InChI is InChI=1S/C16H17N3O2/c1-13(7-8-14-5-3-2-4-6-14)17-18-15-9-11-16(12-10-15)19(20)21/h2-6,9-12,18H,7-8H2,1H3/b17-13-. The number of nitro groups is 1. The van der Waals surface area contributed by atoms with Crippen molar-refractivity contribution in [2.45, 2.75) is 19.8 Å². The summed E-state index contributed by atoms with van der Waals surface area (Å²) in [5.74, 6) is 0. The van der Waals surface area contributed by atoms with E-state index in [-0.39, 0.29) is 5.69 Å². The van der Waals surface area contributed by atoms with E-state index in [2.05, 4.69) is 22.7 Å². The van der Waals surface area contributed by atoms with Gasteiger partial charge in [0.05, 0.1) is 10.6 Å². The topological polar surface area (TPSA) is 67.5 Å². The molecule has 2 rings (SSSR count). The minimum absolute atomic E-state index is 0.0744. The van der Waals surface area contributed by atoms with E-state index in [1.54, 1.807) is 12.1 Å². The van der Waals surface area contributed by atoms with Gasteiger partial charge in [-0.3, -0.25) is 15.5 Å². The van der Waals surface area contributed by atoms with E-state index < -0.39 is 4.92 Å². The van der Waals surface area contributed by atoms with Crippen LogP contribution in [-0.4, -0.2) is 10.6 Å². The molecular weight excluding hydrogens is 266 g/mol. The first-order valence-corrected chi connectivity index (χ1v) is 6.73. The first kappa shape index (κ1) is 14.7. The second kappa shape index (κ2) is 7.19. The number of anilines is 1. The van der Waals surface area contributed by atoms with Gasteiger partial charge in [-0.15, -0.1) is 0 Å². The maximum Gasteiger partial charge on any atom is 0.269 e. The number of hydrogen-bond donors (Lipinski definition) is 1. The van der Waals surface area contributed by atoms with Gasteiger partial charge in [0.25, 0.3) is 5.69 Å². The quantitative estimate of drug-likeness (QED) is 0.494. The molecule has 0 aliphatic carbocycles. The summed E-state index contributed by atoms with van der Waals surface area (Å²) in [5, 5.41) is 14.8. The predicted octanol–water partition coefficient (Wildman–Crippen LogP) is 4.02. The molecule has 0 radical (unpaired) electrons. The van der Waals surface area contributed by atoms with Crippen LogP contribution in [0, 0.1) is 10.1 Å². The number of rotatable bonds is 6. The van der Waals surface area contributed by atoms with Crippen LogP contribution in [0.4, 0.5) is 11.4 Å². The van der Waals surface area contributed by atoms with Gasteiger partial charge in [0.1, 0.15) is 0 Å². The van der Waals surface area contributed by atoms with E-state index in [4.69, 9.17) is 0 Å². The monoisotopic (exact) mass is 283 g/mol. The lowest BCUT2D eigenvalue weighted by atomic mass is 10.1. The van der Waals surface area contributed by atoms with E-state index in [1.807, 2.05) is 25.1 Å². The first-order chi connectivity index (χ1) is 10.1. The molecule has 1 N–H and O–H groups in total. The Hall–Kier alpha value is -2.69. The fraction of sp³-hybridized carbons (Fsp3) is 0.188. The summed E-state index contributed by atoms with van der Waals surface area (Å²) in [6.07, 6.45) is 1.81. The highest BCUT2D eigenvalue weighted by Gasteiger charge is 2.03. The Bertz CT molecular complexity index is 622. The number of hydrazone groups is 1. The summed E-state index contributed by atoms with van der Waals surface area (Å²) in [5.41, 5.74) is 5.99. The van der Waals surface area contributed by atoms with E-state index in [0.717, 1.165) is 24.2 Å². The molecule has 0 aromatic heterocycles. The predicted molar refractivity (Wildman–Crippen MR) is 84.6 cm³/mol. The minimum Gasteiger partial charge on any atom is -0.279 e. The highest BCUT2D eigenvalue weighted by atomic mass is 16.6. The number of benzene rings is 2. The number of nitro benzene ring substituents is 1. The number of non-ortho nitro benzene ring substituents is 1. The Morgan fingerprint density at radius 2 is 1.81 bits per heavy atom. The molecule has 2 aromatic rings. The fourth-order valence-corrected chi connectivity index (χ4v) is 1.84. The van der Waals surface area contributed by atoms with Crippen molar-refractivity contribution in [3.8, 4) is 0 Å². The lowest BCUT2D eigenvalue weighted by Crippen LogP contribution is -2.00. The molecule has 0 aliphatic heterocycles.